The Labute approximate surface area is 147 Å². The first-order valence-electron chi connectivity index (χ1n) is 7.57. The number of halogens is 1. The molecule has 1 aromatic carbocycles. The highest BCUT2D eigenvalue weighted by molar-refractivity contribution is 7.19. The summed E-state index contributed by atoms with van der Waals surface area (Å²) in [5.41, 5.74) is 2.14. The van der Waals surface area contributed by atoms with E-state index in [4.69, 9.17) is 22.6 Å². The van der Waals surface area contributed by atoms with Crippen LogP contribution in [0.15, 0.2) is 22.7 Å². The molecule has 1 atom stereocenters. The van der Waals surface area contributed by atoms with Crippen LogP contribution in [0.5, 0.6) is 0 Å². The first-order valence-corrected chi connectivity index (χ1v) is 8.76. The number of hydrogen-bond donors (Lipinski definition) is 1. The predicted octanol–water partition coefficient (Wildman–Crippen LogP) is 3.95. The Bertz CT molecular complexity index is 944. The first-order chi connectivity index (χ1) is 11.7. The van der Waals surface area contributed by atoms with Gasteiger partial charge in [-0.05, 0) is 19.1 Å². The molecule has 6 nitrogen and oxygen atoms in total. The summed E-state index contributed by atoms with van der Waals surface area (Å²) in [5, 5.41) is 5.18. The average molecular weight is 360 g/mol. The SMILES string of the molecule is [C-]#[N+]c1cnc(-c2cc(Cl)cc3nc(N4CCNC[C@@H]4C)oc23)s1. The molecule has 0 spiro atoms. The van der Waals surface area contributed by atoms with Gasteiger partial charge < -0.3 is 14.6 Å². The van der Waals surface area contributed by atoms with E-state index < -0.39 is 0 Å². The molecule has 8 heteroatoms. The van der Waals surface area contributed by atoms with Crippen molar-refractivity contribution < 1.29 is 4.42 Å². The molecule has 0 bridgehead atoms. The second-order valence-corrected chi connectivity index (χ2v) is 7.11. The minimum absolute atomic E-state index is 0.305. The second kappa shape index (κ2) is 6.06. The van der Waals surface area contributed by atoms with Crippen molar-refractivity contribution in [3.63, 3.8) is 0 Å². The Balaban J connectivity index is 1.84. The van der Waals surface area contributed by atoms with Gasteiger partial charge in [-0.3, -0.25) is 4.98 Å². The monoisotopic (exact) mass is 359 g/mol. The number of piperazine rings is 1. The Hall–Kier alpha value is -2.14. The van der Waals surface area contributed by atoms with Gasteiger partial charge in [0.2, 0.25) is 0 Å². The Morgan fingerprint density at radius 2 is 2.38 bits per heavy atom. The average Bonchev–Trinajstić information content (AvgIpc) is 3.20. The van der Waals surface area contributed by atoms with E-state index in [2.05, 4.69) is 32.0 Å². The normalized spacial score (nSPS) is 18.0. The van der Waals surface area contributed by atoms with Gasteiger partial charge in [-0.1, -0.05) is 11.6 Å². The third-order valence-electron chi connectivity index (χ3n) is 4.02. The molecule has 122 valence electrons. The number of hydrogen-bond acceptors (Lipinski definition) is 6. The molecule has 0 unspecified atom stereocenters. The zero-order valence-corrected chi connectivity index (χ0v) is 14.5. The molecule has 4 rings (SSSR count). The zero-order chi connectivity index (χ0) is 16.7. The maximum Gasteiger partial charge on any atom is 0.298 e. The standard InChI is InChI=1S/C16H14ClN5OS/c1-9-7-19-3-4-22(9)16-21-12-6-10(17)5-11(14(12)23-16)15-20-8-13(18-2)24-15/h5-6,8-9,19H,3-4,7H2,1H3/t9-/m0/s1. The van der Waals surface area contributed by atoms with E-state index in [0.29, 0.717) is 38.2 Å². The van der Waals surface area contributed by atoms with Gasteiger partial charge in [0.15, 0.2) is 5.58 Å². The molecule has 2 aromatic heterocycles. The molecular formula is C16H14ClN5OS. The van der Waals surface area contributed by atoms with Crippen molar-refractivity contribution >= 4 is 45.1 Å². The van der Waals surface area contributed by atoms with E-state index in [0.717, 1.165) is 25.2 Å². The van der Waals surface area contributed by atoms with Crippen molar-refractivity contribution in [2.45, 2.75) is 13.0 Å². The van der Waals surface area contributed by atoms with Crippen LogP contribution < -0.4 is 10.2 Å². The van der Waals surface area contributed by atoms with Crippen molar-refractivity contribution in [1.82, 2.24) is 15.3 Å². The van der Waals surface area contributed by atoms with Gasteiger partial charge in [-0.2, -0.15) is 4.98 Å². The third-order valence-corrected chi connectivity index (χ3v) is 5.17. The van der Waals surface area contributed by atoms with Crippen molar-refractivity contribution in [3.8, 4) is 10.6 Å². The van der Waals surface area contributed by atoms with Gasteiger partial charge in [0.1, 0.15) is 10.5 Å². The molecule has 3 aromatic rings. The molecular weight excluding hydrogens is 346 g/mol. The highest BCUT2D eigenvalue weighted by atomic mass is 35.5. The van der Waals surface area contributed by atoms with Gasteiger partial charge in [0, 0.05) is 36.9 Å². The minimum atomic E-state index is 0.305. The summed E-state index contributed by atoms with van der Waals surface area (Å²) in [6, 6.07) is 4.51. The molecule has 0 aliphatic carbocycles. The van der Waals surface area contributed by atoms with Crippen LogP contribution in [-0.2, 0) is 0 Å². The number of anilines is 1. The van der Waals surface area contributed by atoms with E-state index in [-0.39, 0.29) is 0 Å². The fourth-order valence-corrected chi connectivity index (χ4v) is 3.76. The Kier molecular flexibility index (Phi) is 3.88. The number of benzene rings is 1. The van der Waals surface area contributed by atoms with E-state index in [1.807, 2.05) is 6.07 Å². The minimum Gasteiger partial charge on any atom is -0.423 e. The van der Waals surface area contributed by atoms with Crippen LogP contribution in [0.4, 0.5) is 11.0 Å². The topological polar surface area (TPSA) is 58.6 Å². The fourth-order valence-electron chi connectivity index (χ4n) is 2.84. The van der Waals surface area contributed by atoms with Crippen LogP contribution in [0.2, 0.25) is 5.02 Å². The lowest BCUT2D eigenvalue weighted by Crippen LogP contribution is -2.50. The van der Waals surface area contributed by atoms with Crippen molar-refractivity contribution in [2.24, 2.45) is 0 Å². The number of nitrogens with zero attached hydrogens (tertiary/aromatic N) is 4. The third kappa shape index (κ3) is 2.63. The number of rotatable bonds is 2. The number of nitrogens with one attached hydrogen (secondary N) is 1. The molecule has 1 saturated heterocycles. The summed E-state index contributed by atoms with van der Waals surface area (Å²) >= 11 is 7.57. The zero-order valence-electron chi connectivity index (χ0n) is 12.9. The van der Waals surface area contributed by atoms with Crippen molar-refractivity contribution in [1.29, 1.82) is 0 Å². The van der Waals surface area contributed by atoms with Crippen molar-refractivity contribution in [2.75, 3.05) is 24.5 Å². The Morgan fingerprint density at radius 3 is 3.12 bits per heavy atom. The lowest BCUT2D eigenvalue weighted by Gasteiger charge is -2.32. The molecule has 0 radical (unpaired) electrons. The summed E-state index contributed by atoms with van der Waals surface area (Å²) in [6.07, 6.45) is 1.56. The Morgan fingerprint density at radius 1 is 1.50 bits per heavy atom. The maximum atomic E-state index is 7.11. The van der Waals surface area contributed by atoms with E-state index in [1.165, 1.54) is 11.3 Å². The summed E-state index contributed by atoms with van der Waals surface area (Å²) in [7, 11) is 0. The van der Waals surface area contributed by atoms with Crippen LogP contribution >= 0.6 is 22.9 Å². The molecule has 1 aliphatic heterocycles. The largest absolute Gasteiger partial charge is 0.423 e. The molecule has 0 saturated carbocycles. The molecule has 1 fully saturated rings. The lowest BCUT2D eigenvalue weighted by molar-refractivity contribution is 0.456. The van der Waals surface area contributed by atoms with Gasteiger partial charge in [0.05, 0.1) is 12.1 Å². The maximum absolute atomic E-state index is 7.11. The van der Waals surface area contributed by atoms with Gasteiger partial charge in [-0.25, -0.2) is 4.85 Å². The molecule has 1 aliphatic rings. The van der Waals surface area contributed by atoms with Crippen LogP contribution in [0.1, 0.15) is 6.92 Å². The second-order valence-electron chi connectivity index (χ2n) is 5.66. The quantitative estimate of drug-likeness (QED) is 0.702. The first kappa shape index (κ1) is 15.4. The van der Waals surface area contributed by atoms with Crippen LogP contribution in [0, 0.1) is 6.57 Å². The summed E-state index contributed by atoms with van der Waals surface area (Å²) in [5.74, 6) is 0. The summed E-state index contributed by atoms with van der Waals surface area (Å²) < 4.78 is 6.08. The number of thiazole rings is 1. The number of oxazole rings is 1. The molecule has 1 N–H and O–H groups in total. The van der Waals surface area contributed by atoms with Gasteiger partial charge in [0.25, 0.3) is 11.0 Å². The number of fused-ring (bicyclic) bond motifs is 1. The van der Waals surface area contributed by atoms with E-state index >= 15 is 0 Å². The predicted molar refractivity (Wildman–Crippen MR) is 96.1 cm³/mol. The van der Waals surface area contributed by atoms with Crippen LogP contribution in [0.3, 0.4) is 0 Å². The summed E-state index contributed by atoms with van der Waals surface area (Å²) in [6.45, 7) is 11.9. The van der Waals surface area contributed by atoms with E-state index in [1.54, 1.807) is 12.3 Å². The van der Waals surface area contributed by atoms with E-state index in [9.17, 15) is 0 Å². The molecule has 3 heterocycles. The van der Waals surface area contributed by atoms with Gasteiger partial charge in [-0.15, -0.1) is 11.3 Å². The highest BCUT2D eigenvalue weighted by Crippen LogP contribution is 2.38. The highest BCUT2D eigenvalue weighted by Gasteiger charge is 2.24. The van der Waals surface area contributed by atoms with Crippen molar-refractivity contribution in [3.05, 3.63) is 34.8 Å². The lowest BCUT2D eigenvalue weighted by atomic mass is 10.2. The van der Waals surface area contributed by atoms with Gasteiger partial charge >= 0.3 is 0 Å². The number of aromatic nitrogens is 2. The smallest absolute Gasteiger partial charge is 0.298 e. The van der Waals surface area contributed by atoms with Crippen LogP contribution in [0.25, 0.3) is 26.5 Å². The molecule has 0 amide bonds. The fraction of sp³-hybridized carbons (Fsp3) is 0.312. The summed E-state index contributed by atoms with van der Waals surface area (Å²) in [4.78, 5) is 14.5. The van der Waals surface area contributed by atoms with Crippen LogP contribution in [-0.4, -0.2) is 35.6 Å². The molecule has 24 heavy (non-hydrogen) atoms.